The number of benzene rings is 2. The molecule has 2 aromatic rings. The summed E-state index contributed by atoms with van der Waals surface area (Å²) >= 11 is 0. The largest absolute Gasteiger partial charge is 0.356 e. The smallest absolute Gasteiger partial charge is 0.262 e. The van der Waals surface area contributed by atoms with Crippen LogP contribution in [0.5, 0.6) is 0 Å². The van der Waals surface area contributed by atoms with Crippen LogP contribution in [0.1, 0.15) is 48.5 Å². The molecule has 0 saturated carbocycles. The molecule has 8 heteroatoms. The number of unbranched alkanes of at least 4 members (excludes halogenated alkanes) is 1. The van der Waals surface area contributed by atoms with Gasteiger partial charge >= 0.3 is 0 Å². The molecule has 1 aliphatic heterocycles. The third-order valence-electron chi connectivity index (χ3n) is 5.65. The van der Waals surface area contributed by atoms with Crippen LogP contribution in [0, 0.1) is 12.8 Å². The molecule has 0 spiro atoms. The van der Waals surface area contributed by atoms with Crippen LogP contribution in [0.3, 0.4) is 0 Å². The van der Waals surface area contributed by atoms with E-state index in [1.54, 1.807) is 60.4 Å². The molecule has 2 aromatic carbocycles. The molecule has 1 unspecified atom stereocenters. The number of aryl methyl sites for hydroxylation is 1. The molecule has 32 heavy (non-hydrogen) atoms. The first kappa shape index (κ1) is 23.8. The van der Waals surface area contributed by atoms with Crippen LogP contribution < -0.4 is 10.0 Å². The summed E-state index contributed by atoms with van der Waals surface area (Å²) in [7, 11) is -3.77. The summed E-state index contributed by atoms with van der Waals surface area (Å²) in [5, 5.41) is 2.95. The number of likely N-dealkylation sites (tertiary alicyclic amines) is 1. The van der Waals surface area contributed by atoms with Crippen molar-refractivity contribution in [2.45, 2.75) is 44.4 Å². The maximum absolute atomic E-state index is 13.1. The maximum Gasteiger partial charge on any atom is 0.262 e. The molecular formula is C24H31N3O4S. The van der Waals surface area contributed by atoms with Crippen molar-refractivity contribution < 1.29 is 18.0 Å². The van der Waals surface area contributed by atoms with Crippen LogP contribution in [-0.4, -0.2) is 44.8 Å². The number of hydrogen-bond acceptors (Lipinski definition) is 4. The summed E-state index contributed by atoms with van der Waals surface area (Å²) in [6.45, 7) is 5.41. The standard InChI is InChI=1S/C24H31N3O4S/c1-3-4-14-25-23(28)20-11-8-15-27(17-20)24(29)19-10-7-12-21(16-19)26-32(30,31)22-13-6-5-9-18(22)2/h5-7,9-10,12-13,16,20,26H,3-4,8,11,14-15,17H2,1-2H3,(H,25,28). The lowest BCUT2D eigenvalue weighted by atomic mass is 9.96. The number of carbonyl (C=O) groups excluding carboxylic acids is 2. The van der Waals surface area contributed by atoms with Crippen LogP contribution in [0.4, 0.5) is 5.69 Å². The van der Waals surface area contributed by atoms with E-state index in [0.717, 1.165) is 25.7 Å². The summed E-state index contributed by atoms with van der Waals surface area (Å²) in [6, 6.07) is 13.2. The Morgan fingerprint density at radius 2 is 1.91 bits per heavy atom. The second-order valence-electron chi connectivity index (χ2n) is 8.19. The van der Waals surface area contributed by atoms with Crippen molar-refractivity contribution in [2.75, 3.05) is 24.4 Å². The summed E-state index contributed by atoms with van der Waals surface area (Å²) in [5.74, 6) is -0.420. The number of carbonyl (C=O) groups is 2. The van der Waals surface area contributed by atoms with Gasteiger partial charge < -0.3 is 10.2 Å². The van der Waals surface area contributed by atoms with Crippen LogP contribution in [0.2, 0.25) is 0 Å². The molecular weight excluding hydrogens is 426 g/mol. The molecule has 2 N–H and O–H groups in total. The van der Waals surface area contributed by atoms with Crippen LogP contribution >= 0.6 is 0 Å². The fraction of sp³-hybridized carbons (Fsp3) is 0.417. The van der Waals surface area contributed by atoms with Gasteiger partial charge in [0.15, 0.2) is 0 Å². The van der Waals surface area contributed by atoms with Crippen LogP contribution in [-0.2, 0) is 14.8 Å². The molecule has 0 radical (unpaired) electrons. The summed E-state index contributed by atoms with van der Waals surface area (Å²) < 4.78 is 28.1. The Balaban J connectivity index is 1.70. The Morgan fingerprint density at radius 1 is 1.12 bits per heavy atom. The SMILES string of the molecule is CCCCNC(=O)C1CCCN(C(=O)c2cccc(NS(=O)(=O)c3ccccc3C)c2)C1. The number of amides is 2. The molecule has 7 nitrogen and oxygen atoms in total. The van der Waals surface area contributed by atoms with E-state index in [4.69, 9.17) is 0 Å². The molecule has 1 fully saturated rings. The number of anilines is 1. The third kappa shape index (κ3) is 5.88. The predicted octanol–water partition coefficient (Wildman–Crippen LogP) is 3.56. The molecule has 0 aromatic heterocycles. The van der Waals surface area contributed by atoms with Gasteiger partial charge in [-0.05, 0) is 56.0 Å². The first-order chi connectivity index (χ1) is 15.3. The minimum atomic E-state index is -3.77. The maximum atomic E-state index is 13.1. The van der Waals surface area contributed by atoms with Crippen molar-refractivity contribution in [3.05, 3.63) is 59.7 Å². The van der Waals surface area contributed by atoms with Crippen molar-refractivity contribution in [2.24, 2.45) is 5.92 Å². The highest BCUT2D eigenvalue weighted by Crippen LogP contribution is 2.22. The van der Waals surface area contributed by atoms with Crippen LogP contribution in [0.25, 0.3) is 0 Å². The monoisotopic (exact) mass is 457 g/mol. The van der Waals surface area contributed by atoms with E-state index < -0.39 is 10.0 Å². The Hall–Kier alpha value is -2.87. The van der Waals surface area contributed by atoms with Gasteiger partial charge in [0, 0.05) is 30.9 Å². The molecule has 172 valence electrons. The average molecular weight is 458 g/mol. The zero-order valence-corrected chi connectivity index (χ0v) is 19.5. The zero-order valence-electron chi connectivity index (χ0n) is 18.6. The summed E-state index contributed by atoms with van der Waals surface area (Å²) in [4.78, 5) is 27.4. The highest BCUT2D eigenvalue weighted by Gasteiger charge is 2.29. The van der Waals surface area contributed by atoms with E-state index >= 15 is 0 Å². The average Bonchev–Trinajstić information content (AvgIpc) is 2.79. The van der Waals surface area contributed by atoms with Gasteiger partial charge in [0.2, 0.25) is 5.91 Å². The van der Waals surface area contributed by atoms with E-state index in [2.05, 4.69) is 17.0 Å². The van der Waals surface area contributed by atoms with Gasteiger partial charge in [-0.25, -0.2) is 8.42 Å². The van der Waals surface area contributed by atoms with Gasteiger partial charge in [-0.15, -0.1) is 0 Å². The number of piperidine rings is 1. The van der Waals surface area contributed by atoms with E-state index in [1.165, 1.54) is 0 Å². The molecule has 3 rings (SSSR count). The number of nitrogens with zero attached hydrogens (tertiary/aromatic N) is 1. The minimum absolute atomic E-state index is 0.00399. The van der Waals surface area contributed by atoms with Gasteiger partial charge in [-0.3, -0.25) is 14.3 Å². The topological polar surface area (TPSA) is 95.6 Å². The first-order valence-electron chi connectivity index (χ1n) is 11.1. The Kier molecular flexibility index (Phi) is 7.90. The minimum Gasteiger partial charge on any atom is -0.356 e. The van der Waals surface area contributed by atoms with Crippen molar-refractivity contribution in [1.29, 1.82) is 0 Å². The summed E-state index contributed by atoms with van der Waals surface area (Å²) in [6.07, 6.45) is 3.47. The van der Waals surface area contributed by atoms with Gasteiger partial charge in [-0.2, -0.15) is 0 Å². The Labute approximate surface area is 190 Å². The van der Waals surface area contributed by atoms with Crippen molar-refractivity contribution in [1.82, 2.24) is 10.2 Å². The van der Waals surface area contributed by atoms with Gasteiger partial charge in [0.05, 0.1) is 10.8 Å². The molecule has 1 heterocycles. The lowest BCUT2D eigenvalue weighted by Gasteiger charge is -2.32. The lowest BCUT2D eigenvalue weighted by molar-refractivity contribution is -0.126. The third-order valence-corrected chi connectivity index (χ3v) is 7.20. The van der Waals surface area contributed by atoms with E-state index in [9.17, 15) is 18.0 Å². The Morgan fingerprint density at radius 3 is 2.66 bits per heavy atom. The number of rotatable bonds is 8. The fourth-order valence-corrected chi connectivity index (χ4v) is 5.17. The molecule has 1 atom stereocenters. The van der Waals surface area contributed by atoms with Crippen molar-refractivity contribution in [3.8, 4) is 0 Å². The normalized spacial score (nSPS) is 16.4. The Bertz CT molecular complexity index is 1070. The fourth-order valence-electron chi connectivity index (χ4n) is 3.87. The second kappa shape index (κ2) is 10.6. The molecule has 0 aliphatic carbocycles. The predicted molar refractivity (Wildman–Crippen MR) is 125 cm³/mol. The van der Waals surface area contributed by atoms with E-state index in [1.807, 2.05) is 0 Å². The molecule has 1 saturated heterocycles. The number of nitrogens with one attached hydrogen (secondary N) is 2. The van der Waals surface area contributed by atoms with Crippen molar-refractivity contribution >= 4 is 27.5 Å². The second-order valence-corrected chi connectivity index (χ2v) is 9.84. The van der Waals surface area contributed by atoms with Crippen LogP contribution in [0.15, 0.2) is 53.4 Å². The molecule has 1 aliphatic rings. The molecule has 2 amide bonds. The lowest BCUT2D eigenvalue weighted by Crippen LogP contribution is -2.45. The zero-order chi connectivity index (χ0) is 23.1. The number of hydrogen-bond donors (Lipinski definition) is 2. The highest BCUT2D eigenvalue weighted by molar-refractivity contribution is 7.92. The van der Waals surface area contributed by atoms with Gasteiger partial charge in [-0.1, -0.05) is 37.6 Å². The molecule has 0 bridgehead atoms. The summed E-state index contributed by atoms with van der Waals surface area (Å²) in [5.41, 5.74) is 1.36. The van der Waals surface area contributed by atoms with E-state index in [0.29, 0.717) is 36.4 Å². The van der Waals surface area contributed by atoms with Gasteiger partial charge in [0.25, 0.3) is 15.9 Å². The van der Waals surface area contributed by atoms with Crippen molar-refractivity contribution in [3.63, 3.8) is 0 Å². The number of sulfonamides is 1. The van der Waals surface area contributed by atoms with Gasteiger partial charge in [0.1, 0.15) is 0 Å². The first-order valence-corrected chi connectivity index (χ1v) is 12.6. The quantitative estimate of drug-likeness (QED) is 0.593. The van der Waals surface area contributed by atoms with E-state index in [-0.39, 0.29) is 22.6 Å². The highest BCUT2D eigenvalue weighted by atomic mass is 32.2.